The third kappa shape index (κ3) is 2.88. The summed E-state index contributed by atoms with van der Waals surface area (Å²) in [5.41, 5.74) is 0. The van der Waals surface area contributed by atoms with Crippen LogP contribution in [-0.2, 0) is 10.0 Å². The first kappa shape index (κ1) is 15.1. The topological polar surface area (TPSA) is 37.4 Å². The summed E-state index contributed by atoms with van der Waals surface area (Å²) < 4.78 is 27.0. The number of nitrogens with zero attached hydrogens (tertiary/aromatic N) is 1. The van der Waals surface area contributed by atoms with E-state index < -0.39 is 10.0 Å². The van der Waals surface area contributed by atoms with Crippen molar-refractivity contribution in [2.24, 2.45) is 5.92 Å². The summed E-state index contributed by atoms with van der Waals surface area (Å²) in [6, 6.07) is 1.42. The molecule has 1 aliphatic rings. The van der Waals surface area contributed by atoms with Crippen molar-refractivity contribution in [1.82, 2.24) is 4.31 Å². The summed E-state index contributed by atoms with van der Waals surface area (Å²) in [5.74, 6) is 0.470. The Hall–Kier alpha value is 0.670. The summed E-state index contributed by atoms with van der Waals surface area (Å²) >= 11 is 16.3. The van der Waals surface area contributed by atoms with Crippen LogP contribution >= 0.6 is 50.5 Å². The number of sulfonamides is 1. The van der Waals surface area contributed by atoms with Crippen LogP contribution in [0.1, 0.15) is 13.3 Å². The maximum atomic E-state index is 12.4. The molecule has 0 spiro atoms. The zero-order chi connectivity index (χ0) is 13.5. The Morgan fingerprint density at radius 3 is 2.67 bits per heavy atom. The molecule has 0 N–H and O–H groups in total. The van der Waals surface area contributed by atoms with Crippen LogP contribution in [0.2, 0.25) is 8.67 Å². The van der Waals surface area contributed by atoms with E-state index in [1.165, 1.54) is 10.4 Å². The molecule has 1 aliphatic heterocycles. The molecule has 2 rings (SSSR count). The van der Waals surface area contributed by atoms with Crippen LogP contribution in [0, 0.1) is 5.92 Å². The number of halogens is 3. The van der Waals surface area contributed by atoms with Crippen molar-refractivity contribution in [3.8, 4) is 0 Å². The third-order valence-corrected chi connectivity index (χ3v) is 7.88. The van der Waals surface area contributed by atoms with Gasteiger partial charge in [0.2, 0.25) is 10.0 Å². The molecule has 0 bridgehead atoms. The Bertz CT molecular complexity index is 546. The molecule has 0 saturated carbocycles. The Balaban J connectivity index is 2.29. The summed E-state index contributed by atoms with van der Waals surface area (Å²) in [4.78, 5) is 0.294. The molecule has 1 aromatic heterocycles. The fraction of sp³-hybridized carbons (Fsp3) is 0.600. The largest absolute Gasteiger partial charge is 0.245 e. The normalized spacial score (nSPS) is 26.4. The summed E-state index contributed by atoms with van der Waals surface area (Å²) in [7, 11) is -3.53. The van der Waals surface area contributed by atoms with Crippen LogP contribution in [-0.4, -0.2) is 30.6 Å². The van der Waals surface area contributed by atoms with E-state index in [4.69, 9.17) is 23.2 Å². The van der Waals surface area contributed by atoms with Crippen LogP contribution in [0.25, 0.3) is 0 Å². The van der Waals surface area contributed by atoms with Gasteiger partial charge in [-0.1, -0.05) is 46.1 Å². The standard InChI is InChI=1S/C10H12BrCl2NO2S2/c1-6-2-3-14(5-7(6)11)18(15,16)8-4-9(12)17-10(8)13/h4,6-7H,2-3,5H2,1H3. The first-order valence-electron chi connectivity index (χ1n) is 5.41. The molecular weight excluding hydrogens is 381 g/mol. The minimum Gasteiger partial charge on any atom is -0.207 e. The molecule has 0 radical (unpaired) electrons. The minimum absolute atomic E-state index is 0.119. The molecule has 2 heterocycles. The van der Waals surface area contributed by atoms with Crippen molar-refractivity contribution in [2.45, 2.75) is 23.1 Å². The molecule has 102 valence electrons. The van der Waals surface area contributed by atoms with E-state index in [-0.39, 0.29) is 14.1 Å². The molecule has 1 saturated heterocycles. The molecule has 1 aromatic rings. The lowest BCUT2D eigenvalue weighted by molar-refractivity contribution is 0.300. The lowest BCUT2D eigenvalue weighted by Gasteiger charge is -2.33. The van der Waals surface area contributed by atoms with Gasteiger partial charge in [0, 0.05) is 17.9 Å². The average molecular weight is 393 g/mol. The Labute approximate surface area is 129 Å². The van der Waals surface area contributed by atoms with Crippen molar-refractivity contribution in [1.29, 1.82) is 0 Å². The molecule has 2 unspecified atom stereocenters. The van der Waals surface area contributed by atoms with Gasteiger partial charge in [-0.2, -0.15) is 4.31 Å². The predicted molar refractivity (Wildman–Crippen MR) is 79.6 cm³/mol. The number of thiophene rings is 1. The molecule has 0 aromatic carbocycles. The zero-order valence-electron chi connectivity index (χ0n) is 9.57. The van der Waals surface area contributed by atoms with E-state index >= 15 is 0 Å². The number of hydrogen-bond acceptors (Lipinski definition) is 3. The zero-order valence-corrected chi connectivity index (χ0v) is 14.3. The van der Waals surface area contributed by atoms with Crippen molar-refractivity contribution < 1.29 is 8.42 Å². The van der Waals surface area contributed by atoms with E-state index in [9.17, 15) is 8.42 Å². The van der Waals surface area contributed by atoms with Crippen LogP contribution in [0.4, 0.5) is 0 Å². The lowest BCUT2D eigenvalue weighted by Crippen LogP contribution is -2.43. The third-order valence-electron chi connectivity index (χ3n) is 3.07. The molecule has 2 atom stereocenters. The Kier molecular flexibility index (Phi) is 4.67. The molecule has 3 nitrogen and oxygen atoms in total. The number of rotatable bonds is 2. The van der Waals surface area contributed by atoms with Gasteiger partial charge in [0.15, 0.2) is 0 Å². The Morgan fingerprint density at radius 2 is 2.17 bits per heavy atom. The smallest absolute Gasteiger partial charge is 0.207 e. The highest BCUT2D eigenvalue weighted by Gasteiger charge is 2.34. The quantitative estimate of drug-likeness (QED) is 0.716. The molecule has 0 aliphatic carbocycles. The van der Waals surface area contributed by atoms with Gasteiger partial charge in [-0.15, -0.1) is 11.3 Å². The number of piperidine rings is 1. The summed E-state index contributed by atoms with van der Waals surface area (Å²) in [5, 5.41) is 0. The highest BCUT2D eigenvalue weighted by atomic mass is 79.9. The lowest BCUT2D eigenvalue weighted by atomic mass is 10.0. The van der Waals surface area contributed by atoms with Gasteiger partial charge in [-0.3, -0.25) is 0 Å². The summed E-state index contributed by atoms with van der Waals surface area (Å²) in [6.07, 6.45) is 0.838. The second-order valence-corrected chi connectivity index (χ2v) is 9.70. The monoisotopic (exact) mass is 391 g/mol. The second kappa shape index (κ2) is 5.58. The molecule has 0 amide bonds. The van der Waals surface area contributed by atoms with Gasteiger partial charge in [0.25, 0.3) is 0 Å². The first-order chi connectivity index (χ1) is 8.32. The van der Waals surface area contributed by atoms with E-state index in [0.717, 1.165) is 17.8 Å². The van der Waals surface area contributed by atoms with Crippen molar-refractivity contribution in [3.63, 3.8) is 0 Å². The van der Waals surface area contributed by atoms with Gasteiger partial charge < -0.3 is 0 Å². The van der Waals surface area contributed by atoms with E-state index in [0.29, 0.717) is 23.3 Å². The first-order valence-corrected chi connectivity index (χ1v) is 9.34. The second-order valence-electron chi connectivity index (χ2n) is 4.33. The van der Waals surface area contributed by atoms with Gasteiger partial charge in [0.1, 0.15) is 9.23 Å². The van der Waals surface area contributed by atoms with Crippen LogP contribution in [0.15, 0.2) is 11.0 Å². The molecular formula is C10H12BrCl2NO2S2. The molecule has 18 heavy (non-hydrogen) atoms. The van der Waals surface area contributed by atoms with E-state index in [1.54, 1.807) is 0 Å². The van der Waals surface area contributed by atoms with Gasteiger partial charge in [0.05, 0.1) is 4.34 Å². The average Bonchev–Trinajstić information content (AvgIpc) is 2.62. The number of alkyl halides is 1. The van der Waals surface area contributed by atoms with Crippen molar-refractivity contribution >= 4 is 60.5 Å². The van der Waals surface area contributed by atoms with Crippen molar-refractivity contribution in [2.75, 3.05) is 13.1 Å². The Morgan fingerprint density at radius 1 is 1.50 bits per heavy atom. The van der Waals surface area contributed by atoms with Gasteiger partial charge in [-0.05, 0) is 18.4 Å². The number of hydrogen-bond donors (Lipinski definition) is 0. The minimum atomic E-state index is -3.53. The van der Waals surface area contributed by atoms with Crippen molar-refractivity contribution in [3.05, 3.63) is 14.7 Å². The highest BCUT2D eigenvalue weighted by molar-refractivity contribution is 9.09. The van der Waals surface area contributed by atoms with Gasteiger partial charge in [-0.25, -0.2) is 8.42 Å². The fourth-order valence-electron chi connectivity index (χ4n) is 1.85. The maximum absolute atomic E-state index is 12.4. The van der Waals surface area contributed by atoms with Gasteiger partial charge >= 0.3 is 0 Å². The van der Waals surface area contributed by atoms with Crippen LogP contribution in [0.3, 0.4) is 0 Å². The van der Waals surface area contributed by atoms with E-state index in [2.05, 4.69) is 22.9 Å². The SMILES string of the molecule is CC1CCN(S(=O)(=O)c2cc(Cl)sc2Cl)CC1Br. The summed E-state index contributed by atoms with van der Waals surface area (Å²) in [6.45, 7) is 3.10. The molecule has 1 fully saturated rings. The highest BCUT2D eigenvalue weighted by Crippen LogP contribution is 2.37. The molecule has 8 heteroatoms. The van der Waals surface area contributed by atoms with Crippen LogP contribution in [0.5, 0.6) is 0 Å². The fourth-order valence-corrected chi connectivity index (χ4v) is 6.25. The van der Waals surface area contributed by atoms with E-state index in [1.807, 2.05) is 0 Å². The predicted octanol–water partition coefficient (Wildman–Crippen LogP) is 3.85. The maximum Gasteiger partial charge on any atom is 0.245 e. The van der Waals surface area contributed by atoms with Crippen LogP contribution < -0.4 is 0 Å².